The van der Waals surface area contributed by atoms with Crippen molar-refractivity contribution in [2.75, 3.05) is 0 Å². The van der Waals surface area contributed by atoms with Gasteiger partial charge in [0.25, 0.3) is 0 Å². The molecule has 1 aliphatic carbocycles. The molecule has 0 bridgehead atoms. The van der Waals surface area contributed by atoms with Crippen LogP contribution in [0.5, 0.6) is 0 Å². The zero-order valence-electron chi connectivity index (χ0n) is 6.93. The van der Waals surface area contributed by atoms with Crippen LogP contribution in [0.2, 0.25) is 0 Å². The standard InChI is InChI=1S/C9H17N/c1-3-7(2)8-4-5-9(10)6-8/h3,8-9H,4-6,10H2,1-2H3/b7-3-/t8-,9?/m0/s1. The summed E-state index contributed by atoms with van der Waals surface area (Å²) in [6.45, 7) is 4.32. The normalized spacial score (nSPS) is 34.9. The smallest absolute Gasteiger partial charge is 0.00447 e. The summed E-state index contributed by atoms with van der Waals surface area (Å²) in [4.78, 5) is 0. The zero-order chi connectivity index (χ0) is 7.56. The van der Waals surface area contributed by atoms with E-state index in [1.165, 1.54) is 24.8 Å². The Morgan fingerprint density at radius 3 is 2.60 bits per heavy atom. The number of rotatable bonds is 1. The Morgan fingerprint density at radius 2 is 2.20 bits per heavy atom. The molecule has 58 valence electrons. The Morgan fingerprint density at radius 1 is 1.50 bits per heavy atom. The van der Waals surface area contributed by atoms with Crippen molar-refractivity contribution in [1.82, 2.24) is 0 Å². The van der Waals surface area contributed by atoms with Crippen molar-refractivity contribution in [2.24, 2.45) is 11.7 Å². The van der Waals surface area contributed by atoms with E-state index in [-0.39, 0.29) is 0 Å². The molecule has 1 saturated carbocycles. The highest BCUT2D eigenvalue weighted by Crippen LogP contribution is 2.29. The summed E-state index contributed by atoms with van der Waals surface area (Å²) in [5.41, 5.74) is 7.31. The van der Waals surface area contributed by atoms with E-state index in [1.54, 1.807) is 0 Å². The highest BCUT2D eigenvalue weighted by atomic mass is 14.6. The SMILES string of the molecule is C/C=C(/C)[C@H]1CCC(N)C1. The highest BCUT2D eigenvalue weighted by molar-refractivity contribution is 5.05. The van der Waals surface area contributed by atoms with Crippen LogP contribution in [0.3, 0.4) is 0 Å². The molecule has 1 aliphatic rings. The summed E-state index contributed by atoms with van der Waals surface area (Å²) in [6, 6.07) is 0.472. The van der Waals surface area contributed by atoms with E-state index in [1.807, 2.05) is 0 Å². The maximum atomic E-state index is 5.79. The van der Waals surface area contributed by atoms with Crippen molar-refractivity contribution in [1.29, 1.82) is 0 Å². The lowest BCUT2D eigenvalue weighted by Gasteiger charge is -2.08. The molecule has 0 saturated heterocycles. The fourth-order valence-electron chi connectivity index (χ4n) is 1.67. The minimum atomic E-state index is 0.472. The van der Waals surface area contributed by atoms with Crippen molar-refractivity contribution in [3.8, 4) is 0 Å². The maximum Gasteiger partial charge on any atom is 0.00447 e. The van der Waals surface area contributed by atoms with Crippen molar-refractivity contribution in [2.45, 2.75) is 39.2 Å². The molecular formula is C9H17N. The van der Waals surface area contributed by atoms with E-state index in [2.05, 4.69) is 19.9 Å². The summed E-state index contributed by atoms with van der Waals surface area (Å²) in [5, 5.41) is 0. The first kappa shape index (κ1) is 7.80. The van der Waals surface area contributed by atoms with Gasteiger partial charge in [-0.25, -0.2) is 0 Å². The minimum Gasteiger partial charge on any atom is -0.328 e. The Labute approximate surface area is 63.3 Å². The van der Waals surface area contributed by atoms with E-state index in [0.29, 0.717) is 6.04 Å². The molecule has 0 amide bonds. The van der Waals surface area contributed by atoms with Crippen LogP contribution in [0.25, 0.3) is 0 Å². The number of allylic oxidation sites excluding steroid dienone is 2. The third-order valence-corrected chi connectivity index (χ3v) is 2.57. The summed E-state index contributed by atoms with van der Waals surface area (Å²) in [5.74, 6) is 0.792. The zero-order valence-corrected chi connectivity index (χ0v) is 6.93. The van der Waals surface area contributed by atoms with Crippen LogP contribution in [0.4, 0.5) is 0 Å². The Balaban J connectivity index is 2.45. The fraction of sp³-hybridized carbons (Fsp3) is 0.778. The molecule has 0 radical (unpaired) electrons. The van der Waals surface area contributed by atoms with Crippen LogP contribution in [-0.2, 0) is 0 Å². The second-order valence-corrected chi connectivity index (χ2v) is 3.30. The van der Waals surface area contributed by atoms with E-state index < -0.39 is 0 Å². The van der Waals surface area contributed by atoms with E-state index >= 15 is 0 Å². The molecule has 10 heavy (non-hydrogen) atoms. The van der Waals surface area contributed by atoms with Gasteiger partial charge in [0, 0.05) is 6.04 Å². The van der Waals surface area contributed by atoms with Crippen molar-refractivity contribution in [3.63, 3.8) is 0 Å². The molecule has 2 atom stereocenters. The van der Waals surface area contributed by atoms with Crippen molar-refractivity contribution >= 4 is 0 Å². The number of nitrogens with two attached hydrogens (primary N) is 1. The molecule has 0 aromatic carbocycles. The molecule has 0 aliphatic heterocycles. The van der Waals surface area contributed by atoms with Gasteiger partial charge in [-0.15, -0.1) is 0 Å². The van der Waals surface area contributed by atoms with Gasteiger partial charge in [0.1, 0.15) is 0 Å². The Bertz CT molecular complexity index is 138. The highest BCUT2D eigenvalue weighted by Gasteiger charge is 2.21. The van der Waals surface area contributed by atoms with Gasteiger partial charge >= 0.3 is 0 Å². The van der Waals surface area contributed by atoms with E-state index in [0.717, 1.165) is 5.92 Å². The van der Waals surface area contributed by atoms with Crippen LogP contribution in [0.15, 0.2) is 11.6 Å². The van der Waals surface area contributed by atoms with Crippen LogP contribution in [-0.4, -0.2) is 6.04 Å². The lowest BCUT2D eigenvalue weighted by atomic mass is 9.99. The van der Waals surface area contributed by atoms with Crippen LogP contribution in [0.1, 0.15) is 33.1 Å². The molecule has 1 nitrogen and oxygen atoms in total. The second kappa shape index (κ2) is 3.20. The van der Waals surface area contributed by atoms with Gasteiger partial charge in [0.2, 0.25) is 0 Å². The van der Waals surface area contributed by atoms with Gasteiger partial charge in [-0.1, -0.05) is 11.6 Å². The second-order valence-electron chi connectivity index (χ2n) is 3.30. The Hall–Kier alpha value is -0.300. The average Bonchev–Trinajstić information content (AvgIpc) is 2.34. The molecule has 0 heterocycles. The van der Waals surface area contributed by atoms with Gasteiger partial charge in [0.05, 0.1) is 0 Å². The molecule has 1 rings (SSSR count). The molecule has 0 spiro atoms. The molecule has 2 N–H and O–H groups in total. The molecule has 1 fully saturated rings. The van der Waals surface area contributed by atoms with Gasteiger partial charge in [-0.2, -0.15) is 0 Å². The minimum absolute atomic E-state index is 0.472. The van der Waals surface area contributed by atoms with Crippen molar-refractivity contribution < 1.29 is 0 Å². The van der Waals surface area contributed by atoms with Crippen molar-refractivity contribution in [3.05, 3.63) is 11.6 Å². The first-order chi connectivity index (χ1) is 4.74. The quantitative estimate of drug-likeness (QED) is 0.553. The number of hydrogen-bond acceptors (Lipinski definition) is 1. The van der Waals surface area contributed by atoms with Gasteiger partial charge in [-0.3, -0.25) is 0 Å². The predicted octanol–water partition coefficient (Wildman–Crippen LogP) is 2.08. The topological polar surface area (TPSA) is 26.0 Å². The van der Waals surface area contributed by atoms with E-state index in [4.69, 9.17) is 5.73 Å². The molecule has 0 aromatic heterocycles. The van der Waals surface area contributed by atoms with Gasteiger partial charge in [-0.05, 0) is 39.0 Å². The number of hydrogen-bond donors (Lipinski definition) is 1. The lowest BCUT2D eigenvalue weighted by Crippen LogP contribution is -2.14. The first-order valence-corrected chi connectivity index (χ1v) is 4.12. The third-order valence-electron chi connectivity index (χ3n) is 2.57. The predicted molar refractivity (Wildman–Crippen MR) is 44.7 cm³/mol. The fourth-order valence-corrected chi connectivity index (χ4v) is 1.67. The summed E-state index contributed by atoms with van der Waals surface area (Å²) >= 11 is 0. The summed E-state index contributed by atoms with van der Waals surface area (Å²) < 4.78 is 0. The Kier molecular flexibility index (Phi) is 2.50. The molecule has 1 heteroatoms. The third kappa shape index (κ3) is 1.60. The largest absolute Gasteiger partial charge is 0.328 e. The summed E-state index contributed by atoms with van der Waals surface area (Å²) in [6.07, 6.45) is 5.94. The maximum absolute atomic E-state index is 5.79. The monoisotopic (exact) mass is 139 g/mol. The summed E-state index contributed by atoms with van der Waals surface area (Å²) in [7, 11) is 0. The average molecular weight is 139 g/mol. The first-order valence-electron chi connectivity index (χ1n) is 4.12. The van der Waals surface area contributed by atoms with Gasteiger partial charge in [0.15, 0.2) is 0 Å². The van der Waals surface area contributed by atoms with Crippen LogP contribution in [0, 0.1) is 5.92 Å². The van der Waals surface area contributed by atoms with Gasteiger partial charge < -0.3 is 5.73 Å². The lowest BCUT2D eigenvalue weighted by molar-refractivity contribution is 0.619. The molecule has 1 unspecified atom stereocenters. The molecular weight excluding hydrogens is 122 g/mol. The van der Waals surface area contributed by atoms with E-state index in [9.17, 15) is 0 Å². The van der Waals surface area contributed by atoms with Crippen LogP contribution < -0.4 is 5.73 Å². The molecule has 0 aromatic rings. The van der Waals surface area contributed by atoms with Crippen LogP contribution >= 0.6 is 0 Å².